The molecule has 2 heterocycles. The third kappa shape index (κ3) is 3.55. The maximum Gasteiger partial charge on any atom is 0.419 e. The van der Waals surface area contributed by atoms with Crippen molar-refractivity contribution in [3.8, 4) is 0 Å². The van der Waals surface area contributed by atoms with Gasteiger partial charge >= 0.3 is 5.76 Å². The SMILES string of the molecule is CN(C)C(CNCCn1c(=O)oc2ccccc21)c1ccsc1. The van der Waals surface area contributed by atoms with Gasteiger partial charge in [0.2, 0.25) is 0 Å². The van der Waals surface area contributed by atoms with Gasteiger partial charge in [0.15, 0.2) is 5.58 Å². The van der Waals surface area contributed by atoms with E-state index in [1.807, 2.05) is 24.3 Å². The zero-order valence-corrected chi connectivity index (χ0v) is 14.2. The smallest absolute Gasteiger partial charge is 0.408 e. The van der Waals surface area contributed by atoms with E-state index in [1.54, 1.807) is 15.9 Å². The molecule has 0 amide bonds. The lowest BCUT2D eigenvalue weighted by atomic mass is 10.1. The number of nitrogens with one attached hydrogen (secondary N) is 1. The van der Waals surface area contributed by atoms with E-state index in [2.05, 4.69) is 41.1 Å². The maximum atomic E-state index is 11.9. The summed E-state index contributed by atoms with van der Waals surface area (Å²) in [5, 5.41) is 7.73. The molecule has 3 rings (SSSR count). The number of hydrogen-bond acceptors (Lipinski definition) is 5. The standard InChI is InChI=1S/C17H21N3O2S/c1-19(2)15(13-7-10-23-12-13)11-18-8-9-20-14-5-3-4-6-16(14)22-17(20)21/h3-7,10,12,15,18H,8-9,11H2,1-2H3. The number of thiophene rings is 1. The van der Waals surface area contributed by atoms with E-state index >= 15 is 0 Å². The van der Waals surface area contributed by atoms with E-state index < -0.39 is 0 Å². The number of benzene rings is 1. The fourth-order valence-corrected chi connectivity index (χ4v) is 3.43. The molecule has 0 bridgehead atoms. The zero-order chi connectivity index (χ0) is 16.2. The Morgan fingerprint density at radius 2 is 2.13 bits per heavy atom. The number of aromatic nitrogens is 1. The molecule has 0 aliphatic heterocycles. The van der Waals surface area contributed by atoms with Crippen LogP contribution in [0.3, 0.4) is 0 Å². The van der Waals surface area contributed by atoms with Gasteiger partial charge < -0.3 is 14.6 Å². The second kappa shape index (κ2) is 7.12. The fourth-order valence-electron chi connectivity index (χ4n) is 2.72. The van der Waals surface area contributed by atoms with Gasteiger partial charge in [-0.2, -0.15) is 11.3 Å². The summed E-state index contributed by atoms with van der Waals surface area (Å²) in [6.45, 7) is 2.16. The highest BCUT2D eigenvalue weighted by atomic mass is 32.1. The van der Waals surface area contributed by atoms with Crippen molar-refractivity contribution in [1.29, 1.82) is 0 Å². The van der Waals surface area contributed by atoms with Crippen LogP contribution in [0.1, 0.15) is 11.6 Å². The Morgan fingerprint density at radius 3 is 2.87 bits per heavy atom. The zero-order valence-electron chi connectivity index (χ0n) is 13.4. The van der Waals surface area contributed by atoms with Crippen molar-refractivity contribution in [2.24, 2.45) is 0 Å². The molecule has 1 atom stereocenters. The van der Waals surface area contributed by atoms with Crippen molar-refractivity contribution in [3.63, 3.8) is 0 Å². The molecule has 0 spiro atoms. The summed E-state index contributed by atoms with van der Waals surface area (Å²) in [4.78, 5) is 14.1. The molecule has 0 aliphatic rings. The van der Waals surface area contributed by atoms with Crippen LogP contribution in [0, 0.1) is 0 Å². The van der Waals surface area contributed by atoms with Crippen molar-refractivity contribution < 1.29 is 4.42 Å². The highest BCUT2D eigenvalue weighted by molar-refractivity contribution is 7.07. The predicted molar refractivity (Wildman–Crippen MR) is 94.1 cm³/mol. The summed E-state index contributed by atoms with van der Waals surface area (Å²) in [6, 6.07) is 10.0. The maximum absolute atomic E-state index is 11.9. The first-order valence-electron chi connectivity index (χ1n) is 7.64. The summed E-state index contributed by atoms with van der Waals surface area (Å²) in [5.41, 5.74) is 2.81. The molecule has 23 heavy (non-hydrogen) atoms. The Morgan fingerprint density at radius 1 is 1.30 bits per heavy atom. The summed E-state index contributed by atoms with van der Waals surface area (Å²) in [7, 11) is 4.16. The number of likely N-dealkylation sites (N-methyl/N-ethyl adjacent to an activating group) is 1. The summed E-state index contributed by atoms with van der Waals surface area (Å²) >= 11 is 1.71. The number of fused-ring (bicyclic) bond motifs is 1. The molecule has 5 nitrogen and oxygen atoms in total. The van der Waals surface area contributed by atoms with Gasteiger partial charge in [0, 0.05) is 25.7 Å². The molecule has 1 unspecified atom stereocenters. The van der Waals surface area contributed by atoms with Crippen LogP contribution in [-0.4, -0.2) is 36.7 Å². The number of nitrogens with zero attached hydrogens (tertiary/aromatic N) is 2. The number of hydrogen-bond donors (Lipinski definition) is 1. The molecule has 0 aliphatic carbocycles. The minimum atomic E-state index is -0.296. The van der Waals surface area contributed by atoms with Gasteiger partial charge in [-0.25, -0.2) is 4.79 Å². The van der Waals surface area contributed by atoms with Gasteiger partial charge in [-0.3, -0.25) is 4.57 Å². The molecule has 6 heteroatoms. The van der Waals surface area contributed by atoms with Gasteiger partial charge in [0.1, 0.15) is 0 Å². The molecule has 1 N–H and O–H groups in total. The molecule has 0 saturated carbocycles. The topological polar surface area (TPSA) is 50.4 Å². The van der Waals surface area contributed by atoms with Crippen LogP contribution in [0.5, 0.6) is 0 Å². The summed E-state index contributed by atoms with van der Waals surface area (Å²) in [6.07, 6.45) is 0. The van der Waals surface area contributed by atoms with Crippen molar-refractivity contribution in [1.82, 2.24) is 14.8 Å². The highest BCUT2D eigenvalue weighted by Crippen LogP contribution is 2.19. The third-order valence-corrected chi connectivity index (χ3v) is 4.68. The molecule has 1 aromatic carbocycles. The summed E-state index contributed by atoms with van der Waals surface area (Å²) < 4.78 is 6.93. The quantitative estimate of drug-likeness (QED) is 0.676. The lowest BCUT2D eigenvalue weighted by Gasteiger charge is -2.24. The van der Waals surface area contributed by atoms with E-state index in [9.17, 15) is 4.79 Å². The minimum absolute atomic E-state index is 0.296. The Labute approximate surface area is 139 Å². The average molecular weight is 331 g/mol. The van der Waals surface area contributed by atoms with E-state index in [0.717, 1.165) is 18.6 Å². The average Bonchev–Trinajstić information content (AvgIpc) is 3.15. The first kappa shape index (κ1) is 16.0. The van der Waals surface area contributed by atoms with Crippen molar-refractivity contribution >= 4 is 22.4 Å². The van der Waals surface area contributed by atoms with Crippen molar-refractivity contribution in [3.05, 3.63) is 57.2 Å². The monoisotopic (exact) mass is 331 g/mol. The van der Waals surface area contributed by atoms with Crippen LogP contribution in [0.2, 0.25) is 0 Å². The van der Waals surface area contributed by atoms with Gasteiger partial charge in [-0.15, -0.1) is 0 Å². The highest BCUT2D eigenvalue weighted by Gasteiger charge is 2.14. The lowest BCUT2D eigenvalue weighted by Crippen LogP contribution is -2.33. The van der Waals surface area contributed by atoms with E-state index in [0.29, 0.717) is 18.2 Å². The first-order chi connectivity index (χ1) is 11.2. The van der Waals surface area contributed by atoms with Gasteiger partial charge in [0.25, 0.3) is 0 Å². The summed E-state index contributed by atoms with van der Waals surface area (Å²) in [5.74, 6) is -0.296. The Balaban J connectivity index is 1.60. The molecule has 2 aromatic heterocycles. The number of oxazole rings is 1. The molecule has 0 saturated heterocycles. The van der Waals surface area contributed by atoms with Crippen LogP contribution >= 0.6 is 11.3 Å². The minimum Gasteiger partial charge on any atom is -0.408 e. The first-order valence-corrected chi connectivity index (χ1v) is 8.58. The fraction of sp³-hybridized carbons (Fsp3) is 0.353. The van der Waals surface area contributed by atoms with Gasteiger partial charge in [-0.1, -0.05) is 12.1 Å². The Kier molecular flexibility index (Phi) is 4.95. The third-order valence-electron chi connectivity index (χ3n) is 3.97. The van der Waals surface area contributed by atoms with Gasteiger partial charge in [-0.05, 0) is 48.6 Å². The molecule has 0 radical (unpaired) electrons. The number of rotatable bonds is 7. The van der Waals surface area contributed by atoms with Crippen LogP contribution in [0.15, 0.2) is 50.3 Å². The van der Waals surface area contributed by atoms with Crippen LogP contribution in [-0.2, 0) is 6.54 Å². The second-order valence-electron chi connectivity index (χ2n) is 5.73. The molecular weight excluding hydrogens is 310 g/mol. The van der Waals surface area contributed by atoms with E-state index in [1.165, 1.54) is 5.56 Å². The van der Waals surface area contributed by atoms with E-state index in [4.69, 9.17) is 4.42 Å². The predicted octanol–water partition coefficient (Wildman–Crippen LogP) is 2.55. The van der Waals surface area contributed by atoms with Crippen LogP contribution in [0.4, 0.5) is 0 Å². The molecule has 0 fully saturated rings. The largest absolute Gasteiger partial charge is 0.419 e. The van der Waals surface area contributed by atoms with Crippen molar-refractivity contribution in [2.75, 3.05) is 27.2 Å². The van der Waals surface area contributed by atoms with Crippen LogP contribution < -0.4 is 11.1 Å². The van der Waals surface area contributed by atoms with Crippen LogP contribution in [0.25, 0.3) is 11.1 Å². The van der Waals surface area contributed by atoms with Gasteiger partial charge in [0.05, 0.1) is 5.52 Å². The number of para-hydroxylation sites is 2. The Hall–Kier alpha value is -1.89. The molecular formula is C17H21N3O2S. The molecule has 122 valence electrons. The van der Waals surface area contributed by atoms with Crippen molar-refractivity contribution in [2.45, 2.75) is 12.6 Å². The van der Waals surface area contributed by atoms with E-state index in [-0.39, 0.29) is 5.76 Å². The second-order valence-corrected chi connectivity index (χ2v) is 6.51. The Bertz CT molecular complexity index is 805. The molecule has 3 aromatic rings. The lowest BCUT2D eigenvalue weighted by molar-refractivity contribution is 0.288. The normalized spacial score (nSPS) is 13.0.